The zero-order valence-electron chi connectivity index (χ0n) is 17.2. The van der Waals surface area contributed by atoms with E-state index < -0.39 is 15.2 Å². The fourth-order valence-corrected chi connectivity index (χ4v) is 12.3. The lowest BCUT2D eigenvalue weighted by atomic mass is 10.0. The number of hydrogen-bond acceptors (Lipinski definition) is 1. The molecule has 0 heterocycles. The molecule has 0 saturated heterocycles. The van der Waals surface area contributed by atoms with Crippen LogP contribution < -0.4 is 5.19 Å². The molecular weight excluding hydrogens is 372 g/mol. The van der Waals surface area contributed by atoms with Gasteiger partial charge in [-0.1, -0.05) is 128 Å². The first-order chi connectivity index (χ1) is 13.2. The number of ketones is 1. The minimum atomic E-state index is -1.76. The van der Waals surface area contributed by atoms with Crippen molar-refractivity contribution >= 4 is 31.3 Å². The largest absolute Gasteiger partial charge is 0.289 e. The summed E-state index contributed by atoms with van der Waals surface area (Å²) in [5.41, 5.74) is 2.61. The van der Waals surface area contributed by atoms with E-state index in [2.05, 4.69) is 75.2 Å². The Kier molecular flexibility index (Phi) is 5.68. The van der Waals surface area contributed by atoms with Crippen LogP contribution in [-0.2, 0) is 0 Å². The number of hydrogen-bond donors (Lipinski definition) is 0. The molecule has 0 amide bonds. The second kappa shape index (κ2) is 7.86. The van der Waals surface area contributed by atoms with Crippen LogP contribution in [-0.4, -0.2) is 21.0 Å². The smallest absolute Gasteiger partial charge is 0.193 e. The Labute approximate surface area is 170 Å². The van der Waals surface area contributed by atoms with Crippen molar-refractivity contribution in [2.24, 2.45) is 0 Å². The van der Waals surface area contributed by atoms with Crippen LogP contribution in [0.25, 0.3) is 5.20 Å². The van der Waals surface area contributed by atoms with Crippen LogP contribution in [0.15, 0.2) is 91.5 Å². The SMILES string of the molecule is C=C(c1ccc(C(=O)c2ccccc2)cc1)[Si](C)(C)[Si](C)(C)c1ccccc1. The molecule has 142 valence electrons. The van der Waals surface area contributed by atoms with Gasteiger partial charge < -0.3 is 0 Å². The van der Waals surface area contributed by atoms with E-state index in [1.807, 2.05) is 42.5 Å². The number of rotatable bonds is 6. The number of carbonyl (C=O) groups excluding carboxylic acids is 1. The average Bonchev–Trinajstić information content (AvgIpc) is 2.74. The van der Waals surface area contributed by atoms with Crippen molar-refractivity contribution in [3.63, 3.8) is 0 Å². The summed E-state index contributed by atoms with van der Waals surface area (Å²) in [5.74, 6) is 0.0632. The topological polar surface area (TPSA) is 17.1 Å². The lowest BCUT2D eigenvalue weighted by Crippen LogP contribution is -2.63. The highest BCUT2D eigenvalue weighted by molar-refractivity contribution is 7.51. The van der Waals surface area contributed by atoms with Crippen LogP contribution in [0, 0.1) is 0 Å². The van der Waals surface area contributed by atoms with Crippen molar-refractivity contribution in [3.05, 3.63) is 108 Å². The van der Waals surface area contributed by atoms with Gasteiger partial charge in [-0.05, 0) is 5.56 Å². The molecule has 0 aliphatic rings. The molecule has 0 unspecified atom stereocenters. The van der Waals surface area contributed by atoms with Crippen LogP contribution >= 0.6 is 0 Å². The maximum Gasteiger partial charge on any atom is 0.193 e. The molecule has 3 aromatic carbocycles. The first kappa shape index (κ1) is 20.2. The predicted molar refractivity (Wildman–Crippen MR) is 126 cm³/mol. The minimum absolute atomic E-state index is 0.0632. The van der Waals surface area contributed by atoms with Gasteiger partial charge in [0.05, 0.1) is 15.2 Å². The highest BCUT2D eigenvalue weighted by atomic mass is 29.3. The van der Waals surface area contributed by atoms with E-state index in [0.717, 1.165) is 16.7 Å². The summed E-state index contributed by atoms with van der Waals surface area (Å²) in [6.07, 6.45) is 0. The lowest BCUT2D eigenvalue weighted by molar-refractivity contribution is 0.103. The minimum Gasteiger partial charge on any atom is -0.289 e. The van der Waals surface area contributed by atoms with Crippen molar-refractivity contribution in [2.45, 2.75) is 26.2 Å². The Bertz CT molecular complexity index is 972. The maximum absolute atomic E-state index is 12.7. The molecule has 0 atom stereocenters. The molecular formula is C25H28OSi2. The second-order valence-corrected chi connectivity index (χ2v) is 23.5. The highest BCUT2D eigenvalue weighted by Gasteiger charge is 2.44. The summed E-state index contributed by atoms with van der Waals surface area (Å²) in [5, 5.41) is 2.76. The Morgan fingerprint density at radius 1 is 0.643 bits per heavy atom. The van der Waals surface area contributed by atoms with E-state index in [9.17, 15) is 4.79 Å². The van der Waals surface area contributed by atoms with Crippen molar-refractivity contribution in [1.82, 2.24) is 0 Å². The standard InChI is InChI=1S/C25H28OSi2/c1-20(27(2,3)28(4,5)24-14-10-7-11-15-24)21-16-18-23(19-17-21)25(26)22-12-8-6-9-13-22/h6-19H,1H2,2-5H3. The van der Waals surface area contributed by atoms with Crippen LogP contribution in [0.5, 0.6) is 0 Å². The fraction of sp³-hybridized carbons (Fsp3) is 0.160. The van der Waals surface area contributed by atoms with Crippen molar-refractivity contribution in [3.8, 4) is 0 Å². The zero-order valence-corrected chi connectivity index (χ0v) is 19.2. The van der Waals surface area contributed by atoms with E-state index in [4.69, 9.17) is 0 Å². The van der Waals surface area contributed by atoms with Gasteiger partial charge in [0, 0.05) is 11.1 Å². The van der Waals surface area contributed by atoms with Gasteiger partial charge in [-0.25, -0.2) is 0 Å². The van der Waals surface area contributed by atoms with Gasteiger partial charge in [0.15, 0.2) is 5.78 Å². The van der Waals surface area contributed by atoms with Gasteiger partial charge in [0.25, 0.3) is 0 Å². The van der Waals surface area contributed by atoms with Crippen LogP contribution in [0.3, 0.4) is 0 Å². The molecule has 1 nitrogen and oxygen atoms in total. The molecule has 0 radical (unpaired) electrons. The molecule has 0 aromatic heterocycles. The lowest BCUT2D eigenvalue weighted by Gasteiger charge is -2.40. The van der Waals surface area contributed by atoms with Crippen LogP contribution in [0.1, 0.15) is 21.5 Å². The Morgan fingerprint density at radius 3 is 1.61 bits per heavy atom. The van der Waals surface area contributed by atoms with Gasteiger partial charge in [0.2, 0.25) is 0 Å². The molecule has 0 aliphatic heterocycles. The third-order valence-corrected chi connectivity index (χ3v) is 24.2. The predicted octanol–water partition coefficient (Wildman–Crippen LogP) is 5.87. The molecule has 0 N–H and O–H groups in total. The average molecular weight is 401 g/mol. The van der Waals surface area contributed by atoms with Gasteiger partial charge in [-0.15, -0.1) is 0 Å². The molecule has 3 aromatic rings. The highest BCUT2D eigenvalue weighted by Crippen LogP contribution is 2.32. The molecule has 0 fully saturated rings. The van der Waals surface area contributed by atoms with Gasteiger partial charge in [-0.3, -0.25) is 4.79 Å². The maximum atomic E-state index is 12.7. The van der Waals surface area contributed by atoms with Crippen LogP contribution in [0.4, 0.5) is 0 Å². The van der Waals surface area contributed by atoms with E-state index in [1.54, 1.807) is 0 Å². The van der Waals surface area contributed by atoms with E-state index in [0.29, 0.717) is 0 Å². The molecule has 0 saturated carbocycles. The summed E-state index contributed by atoms with van der Waals surface area (Å²) < 4.78 is 0. The van der Waals surface area contributed by atoms with Gasteiger partial charge in [-0.2, -0.15) is 0 Å². The summed E-state index contributed by atoms with van der Waals surface area (Å²) in [6.45, 7) is 14.3. The second-order valence-electron chi connectivity index (χ2n) is 8.37. The number of benzene rings is 3. The normalized spacial score (nSPS) is 11.9. The Morgan fingerprint density at radius 2 is 1.07 bits per heavy atom. The van der Waals surface area contributed by atoms with Gasteiger partial charge in [0.1, 0.15) is 0 Å². The molecule has 28 heavy (non-hydrogen) atoms. The van der Waals surface area contributed by atoms with Crippen molar-refractivity contribution in [2.75, 3.05) is 0 Å². The van der Waals surface area contributed by atoms with Crippen molar-refractivity contribution in [1.29, 1.82) is 0 Å². The van der Waals surface area contributed by atoms with Crippen molar-refractivity contribution < 1.29 is 4.79 Å². The number of carbonyl (C=O) groups is 1. The zero-order chi connectivity index (χ0) is 20.4. The summed E-state index contributed by atoms with van der Waals surface area (Å²) in [6, 6.07) is 28.4. The summed E-state index contributed by atoms with van der Waals surface area (Å²) >= 11 is 0. The first-order valence-electron chi connectivity index (χ1n) is 9.70. The summed E-state index contributed by atoms with van der Waals surface area (Å²) in [4.78, 5) is 12.7. The monoisotopic (exact) mass is 400 g/mol. The Hall–Kier alpha value is -2.50. The third kappa shape index (κ3) is 3.73. The fourth-order valence-electron chi connectivity index (χ4n) is 3.53. The third-order valence-electron chi connectivity index (χ3n) is 6.34. The molecule has 0 spiro atoms. The van der Waals surface area contributed by atoms with Crippen LogP contribution in [0.2, 0.25) is 26.2 Å². The summed E-state index contributed by atoms with van der Waals surface area (Å²) in [7, 11) is -3.43. The quantitative estimate of drug-likeness (QED) is 0.373. The van der Waals surface area contributed by atoms with Gasteiger partial charge >= 0.3 is 0 Å². The van der Waals surface area contributed by atoms with E-state index >= 15 is 0 Å². The van der Waals surface area contributed by atoms with E-state index in [1.165, 1.54) is 10.4 Å². The van der Waals surface area contributed by atoms with E-state index in [-0.39, 0.29) is 5.78 Å². The molecule has 0 aliphatic carbocycles. The first-order valence-corrected chi connectivity index (χ1v) is 16.7. The molecule has 3 rings (SSSR count). The Balaban J connectivity index is 1.87. The molecule has 0 bridgehead atoms. The molecule has 3 heteroatoms.